The number of aromatic amines is 1. The first-order chi connectivity index (χ1) is 15.2. The van der Waals surface area contributed by atoms with Crippen LogP contribution in [0.2, 0.25) is 0 Å². The highest BCUT2D eigenvalue weighted by Gasteiger charge is 2.10. The zero-order valence-electron chi connectivity index (χ0n) is 18.3. The normalized spacial score (nSPS) is 11.3. The molecule has 0 unspecified atom stereocenters. The van der Waals surface area contributed by atoms with Crippen molar-refractivity contribution in [3.05, 3.63) is 54.9 Å². The van der Waals surface area contributed by atoms with Crippen molar-refractivity contribution in [1.29, 1.82) is 0 Å². The summed E-state index contributed by atoms with van der Waals surface area (Å²) in [6, 6.07) is 10.2. The summed E-state index contributed by atoms with van der Waals surface area (Å²) in [7, 11) is 5.62. The molecule has 4 aromatic rings. The maximum Gasteiger partial charge on any atom is 0.193 e. The van der Waals surface area contributed by atoms with Crippen LogP contribution in [0.1, 0.15) is 5.82 Å². The number of imidazole rings is 1. The Morgan fingerprint density at radius 2 is 1.94 bits per heavy atom. The molecule has 3 aromatic heterocycles. The number of anilines is 1. The molecule has 3 heterocycles. The first kappa shape index (κ1) is 23.4. The minimum absolute atomic E-state index is 0. The minimum atomic E-state index is 0. The topological polar surface area (TPSA) is 112 Å². The van der Waals surface area contributed by atoms with Crippen molar-refractivity contribution in [2.24, 2.45) is 12.0 Å². The SMILES string of the molecule is CN=C(NCCNc1ncnc2c1cnn2C)N(C)Cc1ncc(-c2ccccc2)[nH]1.I. The van der Waals surface area contributed by atoms with Crippen LogP contribution < -0.4 is 10.6 Å². The molecule has 0 saturated heterocycles. The first-order valence-electron chi connectivity index (χ1n) is 10.0. The molecule has 32 heavy (non-hydrogen) atoms. The molecule has 3 N–H and O–H groups in total. The number of aromatic nitrogens is 6. The van der Waals surface area contributed by atoms with Crippen LogP contribution in [-0.2, 0) is 13.6 Å². The Labute approximate surface area is 203 Å². The van der Waals surface area contributed by atoms with Crippen LogP contribution in [-0.4, -0.2) is 67.8 Å². The molecule has 0 fully saturated rings. The number of hydrogen-bond donors (Lipinski definition) is 3. The van der Waals surface area contributed by atoms with Crippen LogP contribution in [0.15, 0.2) is 54.0 Å². The summed E-state index contributed by atoms with van der Waals surface area (Å²) < 4.78 is 1.73. The lowest BCUT2D eigenvalue weighted by Crippen LogP contribution is -2.40. The fraction of sp³-hybridized carbons (Fsp3) is 0.286. The van der Waals surface area contributed by atoms with Gasteiger partial charge in [0.2, 0.25) is 0 Å². The number of halogens is 1. The predicted octanol–water partition coefficient (Wildman–Crippen LogP) is 2.49. The Morgan fingerprint density at radius 1 is 1.12 bits per heavy atom. The van der Waals surface area contributed by atoms with Gasteiger partial charge in [0.15, 0.2) is 11.6 Å². The number of benzene rings is 1. The third-order valence-corrected chi connectivity index (χ3v) is 4.90. The van der Waals surface area contributed by atoms with E-state index in [0.29, 0.717) is 19.6 Å². The van der Waals surface area contributed by atoms with Crippen molar-refractivity contribution in [3.8, 4) is 11.3 Å². The van der Waals surface area contributed by atoms with E-state index in [9.17, 15) is 0 Å². The highest BCUT2D eigenvalue weighted by molar-refractivity contribution is 14.0. The maximum atomic E-state index is 4.50. The molecule has 4 rings (SSSR count). The summed E-state index contributed by atoms with van der Waals surface area (Å²) >= 11 is 0. The summed E-state index contributed by atoms with van der Waals surface area (Å²) in [4.78, 5) is 22.8. The van der Waals surface area contributed by atoms with Gasteiger partial charge in [-0.25, -0.2) is 15.0 Å². The molecule has 0 aliphatic rings. The van der Waals surface area contributed by atoms with Gasteiger partial charge in [-0.3, -0.25) is 9.67 Å². The van der Waals surface area contributed by atoms with Crippen molar-refractivity contribution >= 4 is 46.8 Å². The number of nitrogens with zero attached hydrogens (tertiary/aromatic N) is 7. The Kier molecular flexibility index (Phi) is 7.98. The molecule has 0 spiro atoms. The van der Waals surface area contributed by atoms with Gasteiger partial charge in [-0.1, -0.05) is 30.3 Å². The van der Waals surface area contributed by atoms with E-state index in [-0.39, 0.29) is 24.0 Å². The fourth-order valence-electron chi connectivity index (χ4n) is 3.35. The number of aliphatic imine (C=N–C) groups is 1. The minimum Gasteiger partial charge on any atom is -0.368 e. The lowest BCUT2D eigenvalue weighted by Gasteiger charge is -2.21. The van der Waals surface area contributed by atoms with E-state index in [1.807, 2.05) is 43.4 Å². The van der Waals surface area contributed by atoms with Crippen LogP contribution in [0, 0.1) is 0 Å². The van der Waals surface area contributed by atoms with Crippen molar-refractivity contribution < 1.29 is 0 Å². The number of guanidine groups is 1. The monoisotopic (exact) mass is 546 g/mol. The van der Waals surface area contributed by atoms with Crippen LogP contribution in [0.5, 0.6) is 0 Å². The van der Waals surface area contributed by atoms with Gasteiger partial charge in [0.25, 0.3) is 0 Å². The summed E-state index contributed by atoms with van der Waals surface area (Å²) in [5.41, 5.74) is 2.92. The third-order valence-electron chi connectivity index (χ3n) is 4.90. The molecule has 168 valence electrons. The van der Waals surface area contributed by atoms with E-state index in [0.717, 1.165) is 39.9 Å². The molecule has 0 aliphatic carbocycles. The van der Waals surface area contributed by atoms with Crippen molar-refractivity contribution in [2.75, 3.05) is 32.5 Å². The Morgan fingerprint density at radius 3 is 2.72 bits per heavy atom. The first-order valence-corrected chi connectivity index (χ1v) is 10.0. The van der Waals surface area contributed by atoms with Gasteiger partial charge < -0.3 is 20.5 Å². The molecule has 0 amide bonds. The van der Waals surface area contributed by atoms with E-state index in [1.165, 1.54) is 0 Å². The number of H-pyrrole nitrogens is 1. The lowest BCUT2D eigenvalue weighted by molar-refractivity contribution is 0.465. The van der Waals surface area contributed by atoms with Crippen molar-refractivity contribution in [3.63, 3.8) is 0 Å². The average molecular weight is 546 g/mol. The highest BCUT2D eigenvalue weighted by Crippen LogP contribution is 2.17. The van der Waals surface area contributed by atoms with Crippen LogP contribution in [0.4, 0.5) is 5.82 Å². The second-order valence-corrected chi connectivity index (χ2v) is 7.09. The van der Waals surface area contributed by atoms with E-state index in [2.05, 4.69) is 52.8 Å². The van der Waals surface area contributed by atoms with Gasteiger partial charge in [0.05, 0.1) is 30.0 Å². The predicted molar refractivity (Wildman–Crippen MR) is 137 cm³/mol. The molecule has 10 nitrogen and oxygen atoms in total. The molecule has 0 atom stereocenters. The van der Waals surface area contributed by atoms with Crippen molar-refractivity contribution in [2.45, 2.75) is 6.54 Å². The quantitative estimate of drug-likeness (QED) is 0.141. The fourth-order valence-corrected chi connectivity index (χ4v) is 3.35. The summed E-state index contributed by atoms with van der Waals surface area (Å²) in [6.07, 6.45) is 5.17. The van der Waals surface area contributed by atoms with E-state index in [4.69, 9.17) is 0 Å². The maximum absolute atomic E-state index is 4.50. The Balaban J connectivity index is 0.00000289. The van der Waals surface area contributed by atoms with Crippen LogP contribution in [0.3, 0.4) is 0 Å². The average Bonchev–Trinajstić information content (AvgIpc) is 3.42. The number of hydrogen-bond acceptors (Lipinski definition) is 6. The molecular weight excluding hydrogens is 519 g/mol. The van der Waals surface area contributed by atoms with Crippen LogP contribution in [0.25, 0.3) is 22.3 Å². The molecule has 0 aliphatic heterocycles. The molecule has 11 heteroatoms. The molecule has 1 aromatic carbocycles. The highest BCUT2D eigenvalue weighted by atomic mass is 127. The van der Waals surface area contributed by atoms with E-state index >= 15 is 0 Å². The van der Waals surface area contributed by atoms with E-state index in [1.54, 1.807) is 24.3 Å². The number of nitrogens with one attached hydrogen (secondary N) is 3. The summed E-state index contributed by atoms with van der Waals surface area (Å²) in [6.45, 7) is 1.96. The Bertz CT molecular complexity index is 1170. The van der Waals surface area contributed by atoms with Gasteiger partial charge >= 0.3 is 0 Å². The van der Waals surface area contributed by atoms with Crippen molar-refractivity contribution in [1.82, 2.24) is 39.9 Å². The Hall–Kier alpha value is -3.22. The zero-order valence-corrected chi connectivity index (χ0v) is 20.6. The van der Waals surface area contributed by atoms with Gasteiger partial charge in [-0.15, -0.1) is 24.0 Å². The molecule has 0 radical (unpaired) electrons. The zero-order chi connectivity index (χ0) is 21.6. The molecule has 0 bridgehead atoms. The van der Waals surface area contributed by atoms with Gasteiger partial charge in [0, 0.05) is 34.2 Å². The molecule has 0 saturated carbocycles. The third kappa shape index (κ3) is 5.33. The number of fused-ring (bicyclic) bond motifs is 1. The smallest absolute Gasteiger partial charge is 0.193 e. The number of aryl methyl sites for hydroxylation is 1. The van der Waals surface area contributed by atoms with Gasteiger partial charge in [0.1, 0.15) is 18.0 Å². The van der Waals surface area contributed by atoms with Gasteiger partial charge in [-0.2, -0.15) is 5.10 Å². The summed E-state index contributed by atoms with van der Waals surface area (Å²) in [5.74, 6) is 2.43. The number of rotatable bonds is 7. The summed E-state index contributed by atoms with van der Waals surface area (Å²) in [5, 5.41) is 11.8. The van der Waals surface area contributed by atoms with Gasteiger partial charge in [-0.05, 0) is 5.56 Å². The molecular formula is C21H27IN10. The second-order valence-electron chi connectivity index (χ2n) is 7.09. The standard InChI is InChI=1S/C21H26N10.HI/c1-22-21(24-10-9-23-19-16-11-28-31(3)20(16)27-14-26-19)30(2)13-18-25-12-17(29-18)15-7-5-4-6-8-15;/h4-8,11-12,14H,9-10,13H2,1-3H3,(H,22,24)(H,25,29)(H,23,26,27);1H. The second kappa shape index (κ2) is 10.9. The largest absolute Gasteiger partial charge is 0.368 e. The van der Waals surface area contributed by atoms with E-state index < -0.39 is 0 Å². The van der Waals surface area contributed by atoms with Crippen LogP contribution >= 0.6 is 24.0 Å². The lowest BCUT2D eigenvalue weighted by atomic mass is 10.2.